The van der Waals surface area contributed by atoms with E-state index in [1.54, 1.807) is 19.1 Å². The van der Waals surface area contributed by atoms with Gasteiger partial charge in [0.25, 0.3) is 6.43 Å². The van der Waals surface area contributed by atoms with Gasteiger partial charge in [-0.05, 0) is 19.1 Å². The highest BCUT2D eigenvalue weighted by molar-refractivity contribution is 14.0. The van der Waals surface area contributed by atoms with E-state index < -0.39 is 18.8 Å². The van der Waals surface area contributed by atoms with E-state index >= 15 is 0 Å². The predicted octanol–water partition coefficient (Wildman–Crippen LogP) is 2.64. The van der Waals surface area contributed by atoms with Crippen LogP contribution in [0.3, 0.4) is 0 Å². The van der Waals surface area contributed by atoms with Crippen LogP contribution in [0, 0.1) is 5.82 Å². The summed E-state index contributed by atoms with van der Waals surface area (Å²) in [7, 11) is 1.48. The van der Waals surface area contributed by atoms with Crippen LogP contribution in [-0.2, 0) is 0 Å². The minimum atomic E-state index is -2.46. The molecule has 0 aromatic heterocycles. The first-order chi connectivity index (χ1) is 9.52. The van der Waals surface area contributed by atoms with Crippen LogP contribution in [0.4, 0.5) is 13.2 Å². The van der Waals surface area contributed by atoms with E-state index in [0.717, 1.165) is 0 Å². The molecule has 0 amide bonds. The summed E-state index contributed by atoms with van der Waals surface area (Å²) in [5, 5.41) is 5.28. The zero-order valence-corrected chi connectivity index (χ0v) is 14.1. The number of nitrogens with one attached hydrogen (secondary N) is 2. The molecule has 0 fully saturated rings. The normalized spacial score (nSPS) is 12.6. The molecule has 0 aliphatic heterocycles. The zero-order chi connectivity index (χ0) is 15.0. The van der Waals surface area contributed by atoms with Crippen molar-refractivity contribution in [1.29, 1.82) is 0 Å². The van der Waals surface area contributed by atoms with Gasteiger partial charge in [-0.2, -0.15) is 0 Å². The highest BCUT2D eigenvalue weighted by Gasteiger charge is 2.09. The number of aliphatic imine (C=N–C) groups is 1. The van der Waals surface area contributed by atoms with E-state index in [-0.39, 0.29) is 41.8 Å². The average Bonchev–Trinajstić information content (AvgIpc) is 2.41. The molecule has 0 spiro atoms. The molecule has 0 bridgehead atoms. The van der Waals surface area contributed by atoms with Crippen molar-refractivity contribution in [1.82, 2.24) is 10.6 Å². The molecule has 1 aromatic carbocycles. The van der Waals surface area contributed by atoms with Crippen molar-refractivity contribution in [2.45, 2.75) is 19.5 Å². The molecule has 8 heteroatoms. The molecule has 1 atom stereocenters. The second-order valence-electron chi connectivity index (χ2n) is 4.08. The minimum Gasteiger partial charge on any atom is -0.486 e. The van der Waals surface area contributed by atoms with Gasteiger partial charge >= 0.3 is 0 Å². The molecule has 4 nitrogen and oxygen atoms in total. The Bertz CT molecular complexity index is 446. The van der Waals surface area contributed by atoms with Crippen molar-refractivity contribution in [3.63, 3.8) is 0 Å². The Morgan fingerprint density at radius 3 is 2.43 bits per heavy atom. The minimum absolute atomic E-state index is 0. The summed E-state index contributed by atoms with van der Waals surface area (Å²) in [6.07, 6.45) is -2.81. The molecule has 0 aliphatic carbocycles. The molecule has 0 heterocycles. The summed E-state index contributed by atoms with van der Waals surface area (Å²) in [5.74, 6) is -0.0498. The zero-order valence-electron chi connectivity index (χ0n) is 11.8. The third-order valence-corrected chi connectivity index (χ3v) is 2.37. The number of nitrogens with zero attached hydrogens (tertiary/aromatic N) is 1. The smallest absolute Gasteiger partial charge is 0.255 e. The van der Waals surface area contributed by atoms with Gasteiger partial charge in [0.1, 0.15) is 6.10 Å². The number of guanidine groups is 1. The molecule has 1 unspecified atom stereocenters. The number of para-hydroxylation sites is 1. The van der Waals surface area contributed by atoms with E-state index in [0.29, 0.717) is 6.54 Å². The van der Waals surface area contributed by atoms with Crippen LogP contribution in [0.15, 0.2) is 29.3 Å². The molecule has 0 aliphatic rings. The SMILES string of the molecule is CN=C(NCC(F)F)NCC(C)Oc1ccccc1F.I. The number of benzene rings is 1. The van der Waals surface area contributed by atoms with Crippen molar-refractivity contribution in [2.75, 3.05) is 20.1 Å². The number of rotatable bonds is 6. The molecule has 0 radical (unpaired) electrons. The first-order valence-electron chi connectivity index (χ1n) is 6.16. The summed E-state index contributed by atoms with van der Waals surface area (Å²) >= 11 is 0. The lowest BCUT2D eigenvalue weighted by Gasteiger charge is -2.17. The molecule has 21 heavy (non-hydrogen) atoms. The van der Waals surface area contributed by atoms with Crippen LogP contribution < -0.4 is 15.4 Å². The molecule has 0 saturated carbocycles. The van der Waals surface area contributed by atoms with Crippen molar-refractivity contribution in [3.05, 3.63) is 30.1 Å². The van der Waals surface area contributed by atoms with Gasteiger partial charge in [-0.15, -0.1) is 24.0 Å². The molecule has 1 rings (SSSR count). The molecule has 0 saturated heterocycles. The van der Waals surface area contributed by atoms with Gasteiger partial charge in [-0.1, -0.05) is 12.1 Å². The maximum absolute atomic E-state index is 13.4. The molecule has 2 N–H and O–H groups in total. The third kappa shape index (κ3) is 7.98. The first kappa shape index (κ1) is 19.8. The molecular weight excluding hydrogens is 398 g/mol. The van der Waals surface area contributed by atoms with Crippen LogP contribution >= 0.6 is 24.0 Å². The van der Waals surface area contributed by atoms with E-state index in [1.165, 1.54) is 19.2 Å². The monoisotopic (exact) mass is 417 g/mol. The van der Waals surface area contributed by atoms with Crippen molar-refractivity contribution in [3.8, 4) is 5.75 Å². The number of hydrogen-bond donors (Lipinski definition) is 2. The van der Waals surface area contributed by atoms with Crippen LogP contribution in [0.2, 0.25) is 0 Å². The highest BCUT2D eigenvalue weighted by atomic mass is 127. The van der Waals surface area contributed by atoms with E-state index in [4.69, 9.17) is 4.74 Å². The lowest BCUT2D eigenvalue weighted by molar-refractivity contribution is 0.152. The van der Waals surface area contributed by atoms with Crippen LogP contribution in [0.25, 0.3) is 0 Å². The second kappa shape index (κ2) is 10.5. The number of hydrogen-bond acceptors (Lipinski definition) is 2. The van der Waals surface area contributed by atoms with E-state index in [9.17, 15) is 13.2 Å². The van der Waals surface area contributed by atoms with Gasteiger partial charge < -0.3 is 15.4 Å². The van der Waals surface area contributed by atoms with Gasteiger partial charge in [0.05, 0.1) is 13.1 Å². The molecule has 1 aromatic rings. The topological polar surface area (TPSA) is 45.7 Å². The van der Waals surface area contributed by atoms with Crippen LogP contribution in [0.1, 0.15) is 6.92 Å². The number of alkyl halides is 2. The van der Waals surface area contributed by atoms with Gasteiger partial charge in [-0.3, -0.25) is 4.99 Å². The highest BCUT2D eigenvalue weighted by Crippen LogP contribution is 2.16. The summed E-state index contributed by atoms with van der Waals surface area (Å²) in [4.78, 5) is 3.79. The Morgan fingerprint density at radius 2 is 1.86 bits per heavy atom. The Morgan fingerprint density at radius 1 is 1.24 bits per heavy atom. The Kier molecular flexibility index (Phi) is 9.93. The molecule has 120 valence electrons. The number of halogens is 4. The lowest BCUT2D eigenvalue weighted by atomic mass is 10.3. The predicted molar refractivity (Wildman–Crippen MR) is 87.3 cm³/mol. The van der Waals surface area contributed by atoms with Crippen LogP contribution in [0.5, 0.6) is 5.75 Å². The third-order valence-electron chi connectivity index (χ3n) is 2.37. The fraction of sp³-hybridized carbons (Fsp3) is 0.462. The summed E-state index contributed by atoms with van der Waals surface area (Å²) in [6.45, 7) is 1.55. The fourth-order valence-corrected chi connectivity index (χ4v) is 1.43. The molecular formula is C13H19F3IN3O. The van der Waals surface area contributed by atoms with E-state index in [1.807, 2.05) is 0 Å². The fourth-order valence-electron chi connectivity index (χ4n) is 1.43. The van der Waals surface area contributed by atoms with Crippen molar-refractivity contribution in [2.24, 2.45) is 4.99 Å². The van der Waals surface area contributed by atoms with Gasteiger partial charge in [0, 0.05) is 7.05 Å². The van der Waals surface area contributed by atoms with Gasteiger partial charge in [0.2, 0.25) is 0 Å². The summed E-state index contributed by atoms with van der Waals surface area (Å²) in [5.41, 5.74) is 0. The average molecular weight is 417 g/mol. The maximum Gasteiger partial charge on any atom is 0.255 e. The lowest BCUT2D eigenvalue weighted by Crippen LogP contribution is -2.43. The second-order valence-corrected chi connectivity index (χ2v) is 4.08. The Hall–Kier alpha value is -1.19. The largest absolute Gasteiger partial charge is 0.486 e. The van der Waals surface area contributed by atoms with Gasteiger partial charge in [0.15, 0.2) is 17.5 Å². The summed E-state index contributed by atoms with van der Waals surface area (Å²) < 4.78 is 42.9. The van der Waals surface area contributed by atoms with Gasteiger partial charge in [-0.25, -0.2) is 13.2 Å². The Labute approximate surface area is 139 Å². The van der Waals surface area contributed by atoms with Crippen molar-refractivity contribution >= 4 is 29.9 Å². The standard InChI is InChI=1S/C13H18F3N3O.HI/c1-9(20-11-6-4-3-5-10(11)14)7-18-13(17-2)19-8-12(15)16;/h3-6,9,12H,7-8H2,1-2H3,(H2,17,18,19);1H. The first-order valence-corrected chi connectivity index (χ1v) is 6.16. The number of ether oxygens (including phenoxy) is 1. The maximum atomic E-state index is 13.4. The Balaban J connectivity index is 0.00000400. The van der Waals surface area contributed by atoms with Crippen LogP contribution in [-0.4, -0.2) is 38.6 Å². The quantitative estimate of drug-likeness (QED) is 0.425. The van der Waals surface area contributed by atoms with Crippen molar-refractivity contribution < 1.29 is 17.9 Å². The van der Waals surface area contributed by atoms with E-state index in [2.05, 4.69) is 15.6 Å². The summed E-state index contributed by atoms with van der Waals surface area (Å²) in [6, 6.07) is 6.07.